The number of amides is 1. The Labute approximate surface area is 120 Å². The number of aromatic nitrogens is 4. The number of carbonyl (C=O) groups excluding carboxylic acids is 1. The molecule has 0 fully saturated rings. The zero-order valence-electron chi connectivity index (χ0n) is 11.4. The lowest BCUT2D eigenvalue weighted by molar-refractivity contribution is 0.100. The van der Waals surface area contributed by atoms with E-state index in [-0.39, 0.29) is 5.82 Å². The van der Waals surface area contributed by atoms with Gasteiger partial charge in [-0.3, -0.25) is 4.79 Å². The molecule has 0 saturated heterocycles. The van der Waals surface area contributed by atoms with Crippen LogP contribution in [-0.4, -0.2) is 25.4 Å². The molecule has 21 heavy (non-hydrogen) atoms. The van der Waals surface area contributed by atoms with E-state index in [2.05, 4.69) is 15.0 Å². The molecule has 0 unspecified atom stereocenters. The van der Waals surface area contributed by atoms with Gasteiger partial charge in [0.05, 0.1) is 11.9 Å². The zero-order valence-corrected chi connectivity index (χ0v) is 11.4. The number of aryl methyl sites for hydroxylation is 1. The number of fused-ring (bicyclic) bond motifs is 1. The van der Waals surface area contributed by atoms with Crippen LogP contribution in [0.3, 0.4) is 0 Å². The molecule has 0 bridgehead atoms. The number of hydrogen-bond acceptors (Lipinski definition) is 5. The monoisotopic (exact) mass is 282 g/mol. The summed E-state index contributed by atoms with van der Waals surface area (Å²) in [6.07, 6.45) is 1.67. The molecule has 1 amide bonds. The van der Waals surface area contributed by atoms with Crippen molar-refractivity contribution in [2.75, 3.05) is 5.73 Å². The lowest BCUT2D eigenvalue weighted by Crippen LogP contribution is -2.13. The summed E-state index contributed by atoms with van der Waals surface area (Å²) in [5.41, 5.74) is 13.4. The summed E-state index contributed by atoms with van der Waals surface area (Å²) in [5.74, 6) is 0.114. The van der Waals surface area contributed by atoms with Gasteiger partial charge in [0.25, 0.3) is 0 Å². The molecule has 7 nitrogen and oxygen atoms in total. The number of nitrogens with zero attached hydrogens (tertiary/aromatic N) is 4. The van der Waals surface area contributed by atoms with Crippen LogP contribution in [0.2, 0.25) is 0 Å². The zero-order chi connectivity index (χ0) is 15.0. The van der Waals surface area contributed by atoms with Crippen molar-refractivity contribution in [2.24, 2.45) is 5.73 Å². The van der Waals surface area contributed by atoms with Crippen molar-refractivity contribution in [3.8, 4) is 11.4 Å². The summed E-state index contributed by atoms with van der Waals surface area (Å²) in [6, 6.07) is 6.91. The lowest BCUT2D eigenvalue weighted by Gasteiger charge is -2.07. The second kappa shape index (κ2) is 4.86. The molecule has 0 aliphatic carbocycles. The molecule has 0 spiro atoms. The predicted octanol–water partition coefficient (Wildman–Crippen LogP) is 1.19. The van der Waals surface area contributed by atoms with Gasteiger partial charge in [-0.05, 0) is 13.0 Å². The molecule has 0 saturated carbocycles. The fourth-order valence-corrected chi connectivity index (χ4v) is 2.21. The van der Waals surface area contributed by atoms with Gasteiger partial charge in [0.2, 0.25) is 5.91 Å². The van der Waals surface area contributed by atoms with Crippen molar-refractivity contribution >= 4 is 22.9 Å². The Morgan fingerprint density at radius 2 is 2.05 bits per heavy atom. The van der Waals surface area contributed by atoms with Crippen molar-refractivity contribution in [3.05, 3.63) is 36.2 Å². The van der Waals surface area contributed by atoms with Crippen LogP contribution in [0.25, 0.3) is 22.6 Å². The average molecular weight is 282 g/mol. The second-order valence-electron chi connectivity index (χ2n) is 4.55. The SMILES string of the molecule is CCn1cnc2c(N)nc(-c3ccccc3C(N)=O)nc21. The highest BCUT2D eigenvalue weighted by Gasteiger charge is 2.16. The molecule has 3 aromatic rings. The van der Waals surface area contributed by atoms with E-state index >= 15 is 0 Å². The van der Waals surface area contributed by atoms with Gasteiger partial charge in [-0.1, -0.05) is 18.2 Å². The quantitative estimate of drug-likeness (QED) is 0.749. The molecule has 7 heteroatoms. The molecule has 0 radical (unpaired) electrons. The number of nitrogens with two attached hydrogens (primary N) is 2. The van der Waals surface area contributed by atoms with E-state index in [0.717, 1.165) is 0 Å². The van der Waals surface area contributed by atoms with Crippen LogP contribution in [0.4, 0.5) is 5.82 Å². The molecule has 106 valence electrons. The molecule has 1 aromatic carbocycles. The maximum Gasteiger partial charge on any atom is 0.249 e. The summed E-state index contributed by atoms with van der Waals surface area (Å²) >= 11 is 0. The minimum absolute atomic E-state index is 0.279. The molecule has 2 heterocycles. The van der Waals surface area contributed by atoms with E-state index in [4.69, 9.17) is 11.5 Å². The van der Waals surface area contributed by atoms with Crippen LogP contribution in [0.1, 0.15) is 17.3 Å². The van der Waals surface area contributed by atoms with Gasteiger partial charge in [0.1, 0.15) is 5.52 Å². The first-order valence-electron chi connectivity index (χ1n) is 6.49. The number of rotatable bonds is 3. The maximum atomic E-state index is 11.5. The third-order valence-corrected chi connectivity index (χ3v) is 3.26. The van der Waals surface area contributed by atoms with Gasteiger partial charge >= 0.3 is 0 Å². The van der Waals surface area contributed by atoms with Crippen molar-refractivity contribution in [1.29, 1.82) is 0 Å². The Kier molecular flexibility index (Phi) is 3.02. The largest absolute Gasteiger partial charge is 0.382 e. The topological polar surface area (TPSA) is 113 Å². The highest BCUT2D eigenvalue weighted by atomic mass is 16.1. The first-order chi connectivity index (χ1) is 10.1. The lowest BCUT2D eigenvalue weighted by atomic mass is 10.1. The molecular formula is C14H14N6O. The number of benzene rings is 1. The smallest absolute Gasteiger partial charge is 0.249 e. The fourth-order valence-electron chi connectivity index (χ4n) is 2.21. The molecular weight excluding hydrogens is 268 g/mol. The number of imidazole rings is 1. The summed E-state index contributed by atoms with van der Waals surface area (Å²) in [7, 11) is 0. The summed E-state index contributed by atoms with van der Waals surface area (Å²) in [6.45, 7) is 2.69. The third kappa shape index (κ3) is 2.08. The molecule has 2 aromatic heterocycles. The van der Waals surface area contributed by atoms with Crippen LogP contribution in [-0.2, 0) is 6.54 Å². The van der Waals surface area contributed by atoms with E-state index in [1.54, 1.807) is 30.6 Å². The highest BCUT2D eigenvalue weighted by molar-refractivity contribution is 5.99. The summed E-state index contributed by atoms with van der Waals surface area (Å²) in [4.78, 5) is 24.5. The van der Waals surface area contributed by atoms with Gasteiger partial charge in [-0.15, -0.1) is 0 Å². The average Bonchev–Trinajstić information content (AvgIpc) is 2.90. The number of hydrogen-bond donors (Lipinski definition) is 2. The van der Waals surface area contributed by atoms with E-state index in [9.17, 15) is 4.79 Å². The normalized spacial score (nSPS) is 10.9. The van der Waals surface area contributed by atoms with Gasteiger partial charge in [-0.25, -0.2) is 15.0 Å². The van der Waals surface area contributed by atoms with Crippen molar-refractivity contribution in [1.82, 2.24) is 19.5 Å². The Morgan fingerprint density at radius 3 is 2.76 bits per heavy atom. The predicted molar refractivity (Wildman–Crippen MR) is 79.4 cm³/mol. The van der Waals surface area contributed by atoms with Crippen LogP contribution in [0.5, 0.6) is 0 Å². The van der Waals surface area contributed by atoms with Gasteiger partial charge in [0, 0.05) is 12.1 Å². The van der Waals surface area contributed by atoms with Gasteiger partial charge < -0.3 is 16.0 Å². The fraction of sp³-hybridized carbons (Fsp3) is 0.143. The minimum atomic E-state index is -0.531. The van der Waals surface area contributed by atoms with E-state index in [1.165, 1.54) is 0 Å². The molecule has 3 rings (SSSR count). The highest BCUT2D eigenvalue weighted by Crippen LogP contribution is 2.24. The summed E-state index contributed by atoms with van der Waals surface area (Å²) in [5, 5.41) is 0. The van der Waals surface area contributed by atoms with Crippen LogP contribution in [0.15, 0.2) is 30.6 Å². The summed E-state index contributed by atoms with van der Waals surface area (Å²) < 4.78 is 1.86. The number of primary amides is 1. The van der Waals surface area contributed by atoms with Crippen molar-refractivity contribution in [3.63, 3.8) is 0 Å². The van der Waals surface area contributed by atoms with Crippen molar-refractivity contribution in [2.45, 2.75) is 13.5 Å². The number of carbonyl (C=O) groups is 1. The molecule has 0 atom stereocenters. The second-order valence-corrected chi connectivity index (χ2v) is 4.55. The number of nitrogen functional groups attached to an aromatic ring is 1. The Balaban J connectivity index is 2.28. The standard InChI is InChI=1S/C14H14N6O/c1-2-20-7-17-10-11(15)18-13(19-14(10)20)9-6-4-3-5-8(9)12(16)21/h3-7H,2H2,1H3,(H2,16,21)(H2,15,18,19). The van der Waals surface area contributed by atoms with Crippen LogP contribution < -0.4 is 11.5 Å². The third-order valence-electron chi connectivity index (χ3n) is 3.26. The Hall–Kier alpha value is -2.96. The van der Waals surface area contributed by atoms with Crippen molar-refractivity contribution < 1.29 is 4.79 Å². The number of anilines is 1. The van der Waals surface area contributed by atoms with Crippen LogP contribution in [0, 0.1) is 0 Å². The minimum Gasteiger partial charge on any atom is -0.382 e. The first kappa shape index (κ1) is 13.0. The van der Waals surface area contributed by atoms with Gasteiger partial charge in [0.15, 0.2) is 17.3 Å². The van der Waals surface area contributed by atoms with Gasteiger partial charge in [-0.2, -0.15) is 0 Å². The van der Waals surface area contributed by atoms with E-state index in [1.807, 2.05) is 11.5 Å². The van der Waals surface area contributed by atoms with E-state index < -0.39 is 5.91 Å². The van der Waals surface area contributed by atoms with E-state index in [0.29, 0.717) is 34.7 Å². The molecule has 0 aliphatic heterocycles. The Morgan fingerprint density at radius 1 is 1.29 bits per heavy atom. The molecule has 4 N–H and O–H groups in total. The first-order valence-corrected chi connectivity index (χ1v) is 6.49. The maximum absolute atomic E-state index is 11.5. The Bertz CT molecular complexity index is 839. The molecule has 0 aliphatic rings. The van der Waals surface area contributed by atoms with Crippen LogP contribution >= 0.6 is 0 Å².